The first-order valence-electron chi connectivity index (χ1n) is 7.22. The summed E-state index contributed by atoms with van der Waals surface area (Å²) in [6.45, 7) is 0.847. The van der Waals surface area contributed by atoms with E-state index in [2.05, 4.69) is 0 Å². The van der Waals surface area contributed by atoms with E-state index in [0.717, 1.165) is 25.7 Å². The van der Waals surface area contributed by atoms with Gasteiger partial charge in [0.1, 0.15) is 12.4 Å². The van der Waals surface area contributed by atoms with E-state index in [1.165, 1.54) is 6.42 Å². The Morgan fingerprint density at radius 1 is 1.35 bits per heavy atom. The molecule has 0 amide bonds. The maximum absolute atomic E-state index is 12.3. The second-order valence-corrected chi connectivity index (χ2v) is 6.22. The molecular formula is C16H19ClO3. The third kappa shape index (κ3) is 2.99. The normalized spacial score (nSPS) is 24.1. The molecule has 1 heterocycles. The minimum atomic E-state index is 0.0127. The van der Waals surface area contributed by atoms with Crippen molar-refractivity contribution in [3.8, 4) is 5.75 Å². The number of ether oxygens (including phenoxy) is 2. The van der Waals surface area contributed by atoms with Crippen molar-refractivity contribution in [3.63, 3.8) is 0 Å². The standard InChI is InChI=1S/C16H19ClO3/c17-13-2-4-14(5-3-13)19-11-15(18)12-6-9-20-16(10-12)7-1-8-16/h2-5,12H,1,6-11H2. The summed E-state index contributed by atoms with van der Waals surface area (Å²) in [6, 6.07) is 7.10. The predicted molar refractivity (Wildman–Crippen MR) is 77.2 cm³/mol. The average molecular weight is 295 g/mol. The van der Waals surface area contributed by atoms with E-state index in [9.17, 15) is 4.79 Å². The minimum absolute atomic E-state index is 0.0127. The molecule has 1 aromatic carbocycles. The maximum atomic E-state index is 12.3. The monoisotopic (exact) mass is 294 g/mol. The second-order valence-electron chi connectivity index (χ2n) is 5.78. The first-order valence-corrected chi connectivity index (χ1v) is 7.60. The molecule has 1 aliphatic carbocycles. The van der Waals surface area contributed by atoms with Crippen LogP contribution in [-0.2, 0) is 9.53 Å². The summed E-state index contributed by atoms with van der Waals surface area (Å²) in [5.41, 5.74) is 0.0127. The van der Waals surface area contributed by atoms with Crippen LogP contribution in [0.5, 0.6) is 5.75 Å². The minimum Gasteiger partial charge on any atom is -0.486 e. The van der Waals surface area contributed by atoms with Crippen LogP contribution < -0.4 is 4.74 Å². The van der Waals surface area contributed by atoms with Crippen molar-refractivity contribution < 1.29 is 14.3 Å². The van der Waals surface area contributed by atoms with Crippen LogP contribution in [0.25, 0.3) is 0 Å². The molecule has 1 aromatic rings. The zero-order valence-corrected chi connectivity index (χ0v) is 12.2. The number of hydrogen-bond donors (Lipinski definition) is 0. The molecule has 2 fully saturated rings. The van der Waals surface area contributed by atoms with Gasteiger partial charge in [0, 0.05) is 17.5 Å². The molecular weight excluding hydrogens is 276 g/mol. The van der Waals surface area contributed by atoms with Gasteiger partial charge >= 0.3 is 0 Å². The Balaban J connectivity index is 1.52. The van der Waals surface area contributed by atoms with Crippen molar-refractivity contribution in [2.24, 2.45) is 5.92 Å². The summed E-state index contributed by atoms with van der Waals surface area (Å²) in [4.78, 5) is 12.3. The number of halogens is 1. The van der Waals surface area contributed by atoms with Gasteiger partial charge in [0.2, 0.25) is 0 Å². The molecule has 108 valence electrons. The van der Waals surface area contributed by atoms with Crippen LogP contribution in [-0.4, -0.2) is 24.6 Å². The Labute approximate surface area is 124 Å². The second kappa shape index (κ2) is 5.74. The van der Waals surface area contributed by atoms with Crippen molar-refractivity contribution in [1.29, 1.82) is 0 Å². The van der Waals surface area contributed by atoms with Gasteiger partial charge in [0.05, 0.1) is 5.60 Å². The Morgan fingerprint density at radius 2 is 2.10 bits per heavy atom. The Bertz CT molecular complexity index is 479. The third-order valence-corrected chi connectivity index (χ3v) is 4.66. The molecule has 0 bridgehead atoms. The molecule has 1 unspecified atom stereocenters. The van der Waals surface area contributed by atoms with Crippen LogP contribution in [0.1, 0.15) is 32.1 Å². The number of benzene rings is 1. The van der Waals surface area contributed by atoms with Crippen LogP contribution in [0.2, 0.25) is 5.02 Å². The number of carbonyl (C=O) groups excluding carboxylic acids is 1. The molecule has 3 rings (SSSR count). The molecule has 1 spiro atoms. The van der Waals surface area contributed by atoms with Gasteiger partial charge in [-0.25, -0.2) is 0 Å². The highest BCUT2D eigenvalue weighted by Crippen LogP contribution is 2.44. The average Bonchev–Trinajstić information content (AvgIpc) is 2.45. The molecule has 0 aromatic heterocycles. The molecule has 20 heavy (non-hydrogen) atoms. The van der Waals surface area contributed by atoms with Crippen LogP contribution in [0.4, 0.5) is 0 Å². The number of hydrogen-bond acceptors (Lipinski definition) is 3. The van der Waals surface area contributed by atoms with Gasteiger partial charge in [-0.15, -0.1) is 0 Å². The van der Waals surface area contributed by atoms with Crippen LogP contribution in [0.3, 0.4) is 0 Å². The molecule has 3 nitrogen and oxygen atoms in total. The molecule has 1 atom stereocenters. The molecule has 2 aliphatic rings. The highest BCUT2D eigenvalue weighted by atomic mass is 35.5. The van der Waals surface area contributed by atoms with E-state index in [1.807, 2.05) is 0 Å². The lowest BCUT2D eigenvalue weighted by Gasteiger charge is -2.46. The van der Waals surface area contributed by atoms with E-state index in [4.69, 9.17) is 21.1 Å². The maximum Gasteiger partial charge on any atom is 0.173 e. The fourth-order valence-electron chi connectivity index (χ4n) is 3.03. The quantitative estimate of drug-likeness (QED) is 0.850. The Kier molecular flexibility index (Phi) is 3.99. The number of rotatable bonds is 4. The first kappa shape index (κ1) is 13.9. The largest absolute Gasteiger partial charge is 0.486 e. The Morgan fingerprint density at radius 3 is 2.75 bits per heavy atom. The number of ketones is 1. The van der Waals surface area contributed by atoms with Crippen molar-refractivity contribution >= 4 is 17.4 Å². The smallest absolute Gasteiger partial charge is 0.173 e. The van der Waals surface area contributed by atoms with E-state index in [0.29, 0.717) is 17.4 Å². The van der Waals surface area contributed by atoms with Gasteiger partial charge in [-0.05, 0) is 56.4 Å². The summed E-state index contributed by atoms with van der Waals surface area (Å²) in [5, 5.41) is 0.667. The van der Waals surface area contributed by atoms with Crippen LogP contribution in [0.15, 0.2) is 24.3 Å². The fraction of sp³-hybridized carbons (Fsp3) is 0.562. The zero-order chi connectivity index (χ0) is 14.0. The summed E-state index contributed by atoms with van der Waals surface area (Å²) in [7, 11) is 0. The van der Waals surface area contributed by atoms with Crippen molar-refractivity contribution in [1.82, 2.24) is 0 Å². The van der Waals surface area contributed by atoms with Crippen LogP contribution in [0, 0.1) is 5.92 Å². The molecule has 0 radical (unpaired) electrons. The molecule has 1 saturated carbocycles. The van der Waals surface area contributed by atoms with Gasteiger partial charge in [-0.3, -0.25) is 4.79 Å². The lowest BCUT2D eigenvalue weighted by atomic mass is 9.71. The van der Waals surface area contributed by atoms with E-state index < -0.39 is 0 Å². The molecule has 1 aliphatic heterocycles. The van der Waals surface area contributed by atoms with Crippen molar-refractivity contribution in [3.05, 3.63) is 29.3 Å². The van der Waals surface area contributed by atoms with Crippen molar-refractivity contribution in [2.75, 3.05) is 13.2 Å². The van der Waals surface area contributed by atoms with Crippen molar-refractivity contribution in [2.45, 2.75) is 37.7 Å². The molecule has 1 saturated heterocycles. The summed E-state index contributed by atoms with van der Waals surface area (Å²) in [5.74, 6) is 0.971. The zero-order valence-electron chi connectivity index (χ0n) is 11.4. The highest BCUT2D eigenvalue weighted by Gasteiger charge is 2.44. The molecule has 4 heteroatoms. The summed E-state index contributed by atoms with van der Waals surface area (Å²) >= 11 is 5.81. The lowest BCUT2D eigenvalue weighted by Crippen LogP contribution is -2.47. The highest BCUT2D eigenvalue weighted by molar-refractivity contribution is 6.30. The van der Waals surface area contributed by atoms with E-state index >= 15 is 0 Å². The van der Waals surface area contributed by atoms with Gasteiger partial charge in [-0.1, -0.05) is 11.6 Å². The number of Topliss-reactive ketones (excluding diaryl/α,β-unsaturated/α-hetero) is 1. The molecule has 0 N–H and O–H groups in total. The van der Waals surface area contributed by atoms with E-state index in [1.54, 1.807) is 24.3 Å². The SMILES string of the molecule is O=C(COc1ccc(Cl)cc1)C1CCOC2(CCC2)C1. The van der Waals surface area contributed by atoms with Gasteiger partial charge < -0.3 is 9.47 Å². The lowest BCUT2D eigenvalue weighted by molar-refractivity contribution is -0.156. The van der Waals surface area contributed by atoms with E-state index in [-0.39, 0.29) is 23.9 Å². The topological polar surface area (TPSA) is 35.5 Å². The van der Waals surface area contributed by atoms with Gasteiger partial charge in [-0.2, -0.15) is 0 Å². The van der Waals surface area contributed by atoms with Crippen LogP contribution >= 0.6 is 11.6 Å². The first-order chi connectivity index (χ1) is 9.67. The predicted octanol–water partition coefficient (Wildman–Crippen LogP) is 3.64. The summed E-state index contributed by atoms with van der Waals surface area (Å²) in [6.07, 6.45) is 5.13. The third-order valence-electron chi connectivity index (χ3n) is 4.41. The number of carbonyl (C=O) groups is 1. The van der Waals surface area contributed by atoms with Gasteiger partial charge in [0.15, 0.2) is 5.78 Å². The summed E-state index contributed by atoms with van der Waals surface area (Å²) < 4.78 is 11.4. The fourth-order valence-corrected chi connectivity index (χ4v) is 3.15. The Hall–Kier alpha value is -1.06. The van der Waals surface area contributed by atoms with Gasteiger partial charge in [0.25, 0.3) is 0 Å².